The Morgan fingerprint density at radius 1 is 1.30 bits per heavy atom. The second-order valence-electron chi connectivity index (χ2n) is 6.12. The fraction of sp³-hybridized carbons (Fsp3) is 0.438. The Labute approximate surface area is 135 Å². The lowest BCUT2D eigenvalue weighted by Crippen LogP contribution is -2.28. The molecule has 0 aliphatic carbocycles. The summed E-state index contributed by atoms with van der Waals surface area (Å²) in [5.74, 6) is -0.379. The highest BCUT2D eigenvalue weighted by atomic mass is 32.2. The van der Waals surface area contributed by atoms with Crippen molar-refractivity contribution in [2.24, 2.45) is 0 Å². The van der Waals surface area contributed by atoms with Crippen molar-refractivity contribution in [1.82, 2.24) is 14.1 Å². The van der Waals surface area contributed by atoms with E-state index in [1.54, 1.807) is 29.1 Å². The minimum atomic E-state index is -3.58. The van der Waals surface area contributed by atoms with E-state index < -0.39 is 10.0 Å². The SMILES string of the molecule is CC(C)n1cc(S(=O)(=O)N2CCC(c3ccccc3F)C2)cn1. The molecule has 7 heteroatoms. The Morgan fingerprint density at radius 2 is 2.04 bits per heavy atom. The third kappa shape index (κ3) is 3.03. The van der Waals surface area contributed by atoms with Gasteiger partial charge in [-0.15, -0.1) is 0 Å². The van der Waals surface area contributed by atoms with Gasteiger partial charge in [0.1, 0.15) is 10.7 Å². The van der Waals surface area contributed by atoms with Gasteiger partial charge < -0.3 is 0 Å². The first-order valence-corrected chi connectivity index (χ1v) is 9.12. The molecule has 0 saturated carbocycles. The van der Waals surface area contributed by atoms with Crippen LogP contribution in [0.1, 0.15) is 37.8 Å². The number of aromatic nitrogens is 2. The summed E-state index contributed by atoms with van der Waals surface area (Å²) in [7, 11) is -3.58. The molecule has 0 spiro atoms. The highest BCUT2D eigenvalue weighted by Crippen LogP contribution is 2.32. The second-order valence-corrected chi connectivity index (χ2v) is 8.06. The van der Waals surface area contributed by atoms with Crippen LogP contribution in [0.3, 0.4) is 0 Å². The number of sulfonamides is 1. The van der Waals surface area contributed by atoms with Crippen LogP contribution in [0, 0.1) is 5.82 Å². The van der Waals surface area contributed by atoms with E-state index in [9.17, 15) is 12.8 Å². The van der Waals surface area contributed by atoms with Gasteiger partial charge in [0.05, 0.1) is 6.20 Å². The van der Waals surface area contributed by atoms with Gasteiger partial charge in [-0.05, 0) is 31.9 Å². The quantitative estimate of drug-likeness (QED) is 0.862. The van der Waals surface area contributed by atoms with Gasteiger partial charge in [0.2, 0.25) is 10.0 Å². The van der Waals surface area contributed by atoms with Crippen molar-refractivity contribution in [3.63, 3.8) is 0 Å². The summed E-state index contributed by atoms with van der Waals surface area (Å²) in [6.07, 6.45) is 3.56. The lowest BCUT2D eigenvalue weighted by Gasteiger charge is -2.16. The maximum atomic E-state index is 13.9. The molecule has 3 rings (SSSR count). The molecule has 1 saturated heterocycles. The summed E-state index contributed by atoms with van der Waals surface area (Å²) >= 11 is 0. The van der Waals surface area contributed by atoms with Crippen molar-refractivity contribution in [1.29, 1.82) is 0 Å². The number of halogens is 1. The van der Waals surface area contributed by atoms with E-state index in [-0.39, 0.29) is 22.7 Å². The summed E-state index contributed by atoms with van der Waals surface area (Å²) in [6, 6.07) is 6.67. The predicted molar refractivity (Wildman–Crippen MR) is 85.1 cm³/mol. The third-order valence-corrected chi connectivity index (χ3v) is 6.06. The Hall–Kier alpha value is -1.73. The molecule has 5 nitrogen and oxygen atoms in total. The molecular formula is C16H20FN3O2S. The smallest absolute Gasteiger partial charge is 0.246 e. The standard InChI is InChI=1S/C16H20FN3O2S/c1-12(2)20-11-14(9-18-20)23(21,22)19-8-7-13(10-19)15-5-3-4-6-16(15)17/h3-6,9,11-13H,7-8,10H2,1-2H3. The molecule has 0 N–H and O–H groups in total. The van der Waals surface area contributed by atoms with Crippen molar-refractivity contribution in [3.05, 3.63) is 48.0 Å². The number of hydrogen-bond acceptors (Lipinski definition) is 3. The predicted octanol–water partition coefficient (Wildman–Crippen LogP) is 2.78. The molecule has 0 radical (unpaired) electrons. The number of nitrogens with zero attached hydrogens (tertiary/aromatic N) is 3. The molecule has 0 amide bonds. The first-order chi connectivity index (χ1) is 10.9. The zero-order valence-corrected chi connectivity index (χ0v) is 14.0. The lowest BCUT2D eigenvalue weighted by atomic mass is 9.98. The number of rotatable bonds is 4. The molecule has 1 aromatic heterocycles. The molecule has 124 valence electrons. The molecular weight excluding hydrogens is 317 g/mol. The van der Waals surface area contributed by atoms with Gasteiger partial charge in [-0.3, -0.25) is 4.68 Å². The maximum absolute atomic E-state index is 13.9. The van der Waals surface area contributed by atoms with Crippen LogP contribution in [0.2, 0.25) is 0 Å². The van der Waals surface area contributed by atoms with E-state index >= 15 is 0 Å². The van der Waals surface area contributed by atoms with Crippen LogP contribution in [0.25, 0.3) is 0 Å². The van der Waals surface area contributed by atoms with E-state index in [1.165, 1.54) is 16.6 Å². The Balaban J connectivity index is 1.81. The van der Waals surface area contributed by atoms with Crippen molar-refractivity contribution < 1.29 is 12.8 Å². The van der Waals surface area contributed by atoms with Crippen molar-refractivity contribution in [2.75, 3.05) is 13.1 Å². The van der Waals surface area contributed by atoms with Gasteiger partial charge in [0.15, 0.2) is 0 Å². The summed E-state index contributed by atoms with van der Waals surface area (Å²) in [5.41, 5.74) is 0.586. The molecule has 1 aromatic carbocycles. The fourth-order valence-corrected chi connectivity index (χ4v) is 4.33. The van der Waals surface area contributed by atoms with E-state index in [1.807, 2.05) is 13.8 Å². The first kappa shape index (κ1) is 16.1. The largest absolute Gasteiger partial charge is 0.269 e. The minimum Gasteiger partial charge on any atom is -0.269 e. The van der Waals surface area contributed by atoms with Crippen LogP contribution in [0.4, 0.5) is 4.39 Å². The average molecular weight is 337 g/mol. The zero-order valence-electron chi connectivity index (χ0n) is 13.2. The monoisotopic (exact) mass is 337 g/mol. The van der Waals surface area contributed by atoms with Crippen LogP contribution in [0.5, 0.6) is 0 Å². The van der Waals surface area contributed by atoms with Crippen LogP contribution in [-0.2, 0) is 10.0 Å². The molecule has 23 heavy (non-hydrogen) atoms. The Kier molecular flexibility index (Phi) is 4.25. The molecule has 2 heterocycles. The molecule has 2 aromatic rings. The van der Waals surface area contributed by atoms with Crippen LogP contribution >= 0.6 is 0 Å². The Bertz CT molecular complexity index is 801. The maximum Gasteiger partial charge on any atom is 0.246 e. The van der Waals surface area contributed by atoms with Gasteiger partial charge >= 0.3 is 0 Å². The van der Waals surface area contributed by atoms with Crippen molar-refractivity contribution >= 4 is 10.0 Å². The van der Waals surface area contributed by atoms with Gasteiger partial charge in [0, 0.05) is 31.2 Å². The Morgan fingerprint density at radius 3 is 2.70 bits per heavy atom. The molecule has 1 atom stereocenters. The molecule has 0 bridgehead atoms. The van der Waals surface area contributed by atoms with Crippen LogP contribution < -0.4 is 0 Å². The highest BCUT2D eigenvalue weighted by Gasteiger charge is 2.34. The zero-order chi connectivity index (χ0) is 16.6. The highest BCUT2D eigenvalue weighted by molar-refractivity contribution is 7.89. The van der Waals surface area contributed by atoms with Gasteiger partial charge in [-0.1, -0.05) is 18.2 Å². The van der Waals surface area contributed by atoms with Gasteiger partial charge in [-0.25, -0.2) is 12.8 Å². The summed E-state index contributed by atoms with van der Waals surface area (Å²) < 4.78 is 42.4. The van der Waals surface area contributed by atoms with Crippen LogP contribution in [0.15, 0.2) is 41.6 Å². The third-order valence-electron chi connectivity index (χ3n) is 4.24. The lowest BCUT2D eigenvalue weighted by molar-refractivity contribution is 0.470. The minimum absolute atomic E-state index is 0.101. The van der Waals surface area contributed by atoms with E-state index in [4.69, 9.17) is 0 Å². The average Bonchev–Trinajstić information content (AvgIpc) is 3.18. The molecule has 1 aliphatic heterocycles. The number of hydrogen-bond donors (Lipinski definition) is 0. The summed E-state index contributed by atoms with van der Waals surface area (Å²) in [4.78, 5) is 0.195. The molecule has 1 fully saturated rings. The first-order valence-electron chi connectivity index (χ1n) is 7.68. The van der Waals surface area contributed by atoms with E-state index in [2.05, 4.69) is 5.10 Å². The normalized spacial score (nSPS) is 19.6. The number of benzene rings is 1. The molecule has 1 aliphatic rings. The van der Waals surface area contributed by atoms with Crippen molar-refractivity contribution in [3.8, 4) is 0 Å². The summed E-state index contributed by atoms with van der Waals surface area (Å²) in [5, 5.41) is 4.10. The second kappa shape index (κ2) is 6.05. The van der Waals surface area contributed by atoms with Crippen molar-refractivity contribution in [2.45, 2.75) is 37.1 Å². The topological polar surface area (TPSA) is 55.2 Å². The summed E-state index contributed by atoms with van der Waals surface area (Å²) in [6.45, 7) is 4.57. The van der Waals surface area contributed by atoms with E-state index in [0.717, 1.165) is 0 Å². The van der Waals surface area contributed by atoms with E-state index in [0.29, 0.717) is 25.1 Å². The van der Waals surface area contributed by atoms with Crippen LogP contribution in [-0.4, -0.2) is 35.6 Å². The fourth-order valence-electron chi connectivity index (χ4n) is 2.89. The van der Waals surface area contributed by atoms with Gasteiger partial charge in [-0.2, -0.15) is 9.40 Å². The molecule has 1 unspecified atom stereocenters. The van der Waals surface area contributed by atoms with Gasteiger partial charge in [0.25, 0.3) is 0 Å².